The van der Waals surface area contributed by atoms with Crippen molar-refractivity contribution in [2.24, 2.45) is 0 Å². The van der Waals surface area contributed by atoms with E-state index in [0.717, 1.165) is 0 Å². The Hall–Kier alpha value is 3.93. The van der Waals surface area contributed by atoms with E-state index in [1.165, 1.54) is 0 Å². The molecule has 14 heteroatoms. The summed E-state index contributed by atoms with van der Waals surface area (Å²) < 4.78 is 40.5. The van der Waals surface area contributed by atoms with Crippen molar-refractivity contribution in [2.75, 3.05) is 0 Å². The molecule has 0 heterocycles. The zero-order valence-electron chi connectivity index (χ0n) is 4.72. The van der Waals surface area contributed by atoms with Crippen LogP contribution in [0.15, 0.2) is 0 Å². The zero-order chi connectivity index (χ0) is 9.00. The Labute approximate surface area is 175 Å². The van der Waals surface area contributed by atoms with E-state index in [1.807, 2.05) is 0 Å². The fourth-order valence-electron chi connectivity index (χ4n) is 0. The zero-order valence-corrected chi connectivity index (χ0v) is 7.25. The Morgan fingerprint density at radius 2 is 1.00 bits per heavy atom. The molecule has 0 aromatic carbocycles. The van der Waals surface area contributed by atoms with Crippen LogP contribution in [0, 0.1) is 0 Å². The van der Waals surface area contributed by atoms with Crippen LogP contribution in [0.2, 0.25) is 0 Å². The van der Waals surface area contributed by atoms with Crippen molar-refractivity contribution in [3.05, 3.63) is 0 Å². The predicted octanol–water partition coefficient (Wildman–Crippen LogP) is -3.64. The molecule has 0 aliphatic heterocycles. The minimum atomic E-state index is -4.67. The van der Waals surface area contributed by atoms with Crippen LogP contribution in [0.25, 0.3) is 0 Å². The normalized spacial score (nSPS) is 8.36. The fraction of sp³-hybridized carbons (Fsp3) is 0. The van der Waals surface area contributed by atoms with Gasteiger partial charge in [0.25, 0.3) is 0 Å². The SMILES string of the molecule is Cl.O=P(O)(O)O.O=S(=O)(O)O.[CaH2].[KH].[MgH2]. The monoisotopic (exact) mass is 340 g/mol. The minimum Gasteiger partial charge on any atom is 0.316 e. The number of phosphoric acid groups is 1. The van der Waals surface area contributed by atoms with Crippen LogP contribution < -0.4 is 0 Å². The first-order chi connectivity index (χ1) is 4.00. The van der Waals surface area contributed by atoms with Gasteiger partial charge in [-0.2, -0.15) is 8.42 Å². The van der Waals surface area contributed by atoms with E-state index >= 15 is 0 Å². The molecule has 82 valence electrons. The summed E-state index contributed by atoms with van der Waals surface area (Å²) in [6.45, 7) is 0. The molecule has 0 unspecified atom stereocenters. The van der Waals surface area contributed by atoms with Crippen molar-refractivity contribution in [3.8, 4) is 0 Å². The molecule has 0 aromatic heterocycles. The van der Waals surface area contributed by atoms with Gasteiger partial charge >= 0.3 is 130 Å². The van der Waals surface area contributed by atoms with Gasteiger partial charge in [0.2, 0.25) is 0 Å². The number of hydrogen-bond donors (Lipinski definition) is 5. The molecule has 0 saturated carbocycles. The first kappa shape index (κ1) is 36.1. The number of halogens is 1. The molecular formula is H11CaClKMgO8PS. The second-order valence-corrected chi connectivity index (χ2v) is 2.88. The predicted molar refractivity (Wildman–Crippen MR) is 59.9 cm³/mol. The van der Waals surface area contributed by atoms with Gasteiger partial charge in [-0.05, 0) is 0 Å². The molecular weight excluding hydrogens is 330 g/mol. The molecule has 0 bridgehead atoms. The van der Waals surface area contributed by atoms with E-state index in [1.54, 1.807) is 0 Å². The van der Waals surface area contributed by atoms with Gasteiger partial charge in [0, 0.05) is 0 Å². The van der Waals surface area contributed by atoms with Crippen LogP contribution in [-0.4, -0.2) is 144 Å². The van der Waals surface area contributed by atoms with Crippen molar-refractivity contribution < 1.29 is 36.8 Å². The Bertz CT molecular complexity index is 207. The van der Waals surface area contributed by atoms with Crippen molar-refractivity contribution in [2.45, 2.75) is 0 Å². The minimum absolute atomic E-state index is 0. The Morgan fingerprint density at radius 3 is 1.00 bits per heavy atom. The molecule has 0 spiro atoms. The second-order valence-electron chi connectivity index (χ2n) is 0.961. The first-order valence-electron chi connectivity index (χ1n) is 1.48. The van der Waals surface area contributed by atoms with Crippen LogP contribution in [-0.2, 0) is 15.0 Å². The molecule has 0 fully saturated rings. The van der Waals surface area contributed by atoms with E-state index in [2.05, 4.69) is 0 Å². The van der Waals surface area contributed by atoms with E-state index in [9.17, 15) is 0 Å². The van der Waals surface area contributed by atoms with Crippen molar-refractivity contribution >= 4 is 143 Å². The molecule has 0 rings (SSSR count). The van der Waals surface area contributed by atoms with Gasteiger partial charge in [0.15, 0.2) is 0 Å². The fourth-order valence-corrected chi connectivity index (χ4v) is 0. The van der Waals surface area contributed by atoms with E-state index in [4.69, 9.17) is 36.8 Å². The van der Waals surface area contributed by atoms with Gasteiger partial charge in [-0.3, -0.25) is 9.11 Å². The number of hydrogen-bond acceptors (Lipinski definition) is 3. The molecule has 0 atom stereocenters. The van der Waals surface area contributed by atoms with Gasteiger partial charge in [0.1, 0.15) is 0 Å². The summed E-state index contributed by atoms with van der Waals surface area (Å²) in [6, 6.07) is 0. The second kappa shape index (κ2) is 16.9. The van der Waals surface area contributed by atoms with Crippen LogP contribution in [0.3, 0.4) is 0 Å². The summed E-state index contributed by atoms with van der Waals surface area (Å²) >= 11 is 0. The van der Waals surface area contributed by atoms with Crippen LogP contribution in [0.1, 0.15) is 0 Å². The molecule has 0 amide bonds. The van der Waals surface area contributed by atoms with Crippen LogP contribution in [0.5, 0.6) is 0 Å². The third-order valence-electron chi connectivity index (χ3n) is 0. The topological polar surface area (TPSA) is 152 Å². The molecule has 0 aliphatic rings. The Morgan fingerprint density at radius 1 is 1.00 bits per heavy atom. The van der Waals surface area contributed by atoms with Gasteiger partial charge in [-0.1, -0.05) is 0 Å². The molecule has 0 aromatic rings. The van der Waals surface area contributed by atoms with Gasteiger partial charge in [-0.15, -0.1) is 12.4 Å². The quantitative estimate of drug-likeness (QED) is 0.172. The van der Waals surface area contributed by atoms with Crippen LogP contribution in [0.4, 0.5) is 0 Å². The van der Waals surface area contributed by atoms with Gasteiger partial charge < -0.3 is 14.7 Å². The van der Waals surface area contributed by atoms with E-state index < -0.39 is 18.2 Å². The maximum atomic E-state index is 8.88. The summed E-state index contributed by atoms with van der Waals surface area (Å²) in [7, 11) is -9.31. The summed E-state index contributed by atoms with van der Waals surface area (Å²) in [5, 5.41) is 0. The van der Waals surface area contributed by atoms with E-state index in [-0.39, 0.29) is 125 Å². The van der Waals surface area contributed by atoms with Crippen molar-refractivity contribution in [1.82, 2.24) is 0 Å². The van der Waals surface area contributed by atoms with Crippen LogP contribution >= 0.6 is 20.2 Å². The molecule has 8 nitrogen and oxygen atoms in total. The largest absolute Gasteiger partial charge is 0.316 e. The Kier molecular flexibility index (Phi) is 43.7. The summed E-state index contributed by atoms with van der Waals surface area (Å²) in [6.07, 6.45) is 0. The third kappa shape index (κ3) is 230. The van der Waals surface area contributed by atoms with Crippen molar-refractivity contribution in [1.29, 1.82) is 0 Å². The average Bonchev–Trinajstić information content (AvgIpc) is 1.12. The molecule has 0 radical (unpaired) electrons. The standard InChI is InChI=1S/Ca.ClH.K.Mg.H3O4P.H2O4S.5H/c;;;;2*1-5(2,3)4;;;;;/h;1H;;;(H3,1,2,3,4);(H2,1,2,3,4);;;;;. The van der Waals surface area contributed by atoms with Crippen molar-refractivity contribution in [3.63, 3.8) is 0 Å². The molecule has 14 heavy (non-hydrogen) atoms. The summed E-state index contributed by atoms with van der Waals surface area (Å²) in [5.74, 6) is 0. The third-order valence-corrected chi connectivity index (χ3v) is 0. The Balaban J connectivity index is -0.0000000178. The first-order valence-corrected chi connectivity index (χ1v) is 4.44. The maximum Gasteiger partial charge on any atom is 0.316 e. The smallest absolute Gasteiger partial charge is 0.316 e. The maximum absolute atomic E-state index is 8.88. The summed E-state index contributed by atoms with van der Waals surface area (Å²) in [4.78, 5) is 21.6. The molecule has 0 saturated heterocycles. The van der Waals surface area contributed by atoms with E-state index in [0.29, 0.717) is 0 Å². The number of rotatable bonds is 0. The molecule has 0 aliphatic carbocycles. The van der Waals surface area contributed by atoms with Gasteiger partial charge in [0.05, 0.1) is 0 Å². The summed E-state index contributed by atoms with van der Waals surface area (Å²) in [5.41, 5.74) is 0. The average molecular weight is 341 g/mol. The van der Waals surface area contributed by atoms with Gasteiger partial charge in [-0.25, -0.2) is 4.57 Å². The molecule has 5 N–H and O–H groups in total.